The van der Waals surface area contributed by atoms with Crippen molar-refractivity contribution in [1.29, 1.82) is 0 Å². The molecule has 24 heavy (non-hydrogen) atoms. The number of benzene rings is 2. The van der Waals surface area contributed by atoms with Crippen LogP contribution in [0.2, 0.25) is 0 Å². The van der Waals surface area contributed by atoms with Crippen LogP contribution in [0, 0.1) is 6.92 Å². The van der Waals surface area contributed by atoms with E-state index >= 15 is 0 Å². The summed E-state index contributed by atoms with van der Waals surface area (Å²) in [5, 5.41) is 3.51. The molecule has 0 spiro atoms. The van der Waals surface area contributed by atoms with Crippen LogP contribution in [0.1, 0.15) is 17.5 Å². The maximum atomic E-state index is 6.01. The molecule has 1 aliphatic heterocycles. The number of hydrogen-bond acceptors (Lipinski definition) is 3. The standard InChI is InChI=1S/C20H19ClO2S/c1-13-8-15(23-16-6-7-22-11-16)3-4-17(13)19-12-24-20-5-2-14(10-21)9-18(19)20/h2-5,8-9,12,16H,6-7,10-11H2,1H3. The molecular formula is C20H19ClO2S. The molecule has 1 atom stereocenters. The molecule has 0 N–H and O–H groups in total. The van der Waals surface area contributed by atoms with E-state index in [4.69, 9.17) is 21.1 Å². The van der Waals surface area contributed by atoms with Crippen LogP contribution in [0.4, 0.5) is 0 Å². The van der Waals surface area contributed by atoms with Crippen molar-refractivity contribution in [3.63, 3.8) is 0 Å². The third kappa shape index (κ3) is 3.04. The molecule has 1 fully saturated rings. The van der Waals surface area contributed by atoms with Crippen molar-refractivity contribution in [2.75, 3.05) is 13.2 Å². The number of thiophene rings is 1. The summed E-state index contributed by atoms with van der Waals surface area (Å²) in [5.74, 6) is 1.47. The van der Waals surface area contributed by atoms with Crippen LogP contribution in [-0.2, 0) is 10.6 Å². The Balaban J connectivity index is 1.68. The maximum absolute atomic E-state index is 6.01. The Bertz CT molecular complexity index is 865. The van der Waals surface area contributed by atoms with Gasteiger partial charge in [0.05, 0.1) is 13.2 Å². The van der Waals surface area contributed by atoms with Gasteiger partial charge in [-0.2, -0.15) is 0 Å². The van der Waals surface area contributed by atoms with E-state index in [-0.39, 0.29) is 6.10 Å². The second-order valence-electron chi connectivity index (χ2n) is 6.19. The largest absolute Gasteiger partial charge is 0.488 e. The summed E-state index contributed by atoms with van der Waals surface area (Å²) in [7, 11) is 0. The molecular weight excluding hydrogens is 340 g/mol. The SMILES string of the molecule is Cc1cc(OC2CCOC2)ccc1-c1csc2ccc(CCl)cc12. The number of halogens is 1. The molecule has 0 amide bonds. The topological polar surface area (TPSA) is 18.5 Å². The van der Waals surface area contributed by atoms with Crippen molar-refractivity contribution in [3.8, 4) is 16.9 Å². The zero-order valence-electron chi connectivity index (χ0n) is 13.5. The number of fused-ring (bicyclic) bond motifs is 1. The van der Waals surface area contributed by atoms with Gasteiger partial charge in [0, 0.05) is 28.0 Å². The van der Waals surface area contributed by atoms with E-state index < -0.39 is 0 Å². The molecule has 0 bridgehead atoms. The van der Waals surface area contributed by atoms with Crippen molar-refractivity contribution in [1.82, 2.24) is 0 Å². The normalized spacial score (nSPS) is 17.5. The molecule has 3 aromatic rings. The first-order valence-electron chi connectivity index (χ1n) is 8.16. The lowest BCUT2D eigenvalue weighted by atomic mass is 9.99. The molecule has 0 saturated carbocycles. The molecule has 1 aliphatic rings. The van der Waals surface area contributed by atoms with Gasteiger partial charge in [-0.05, 0) is 53.3 Å². The van der Waals surface area contributed by atoms with Crippen LogP contribution >= 0.6 is 22.9 Å². The van der Waals surface area contributed by atoms with Crippen molar-refractivity contribution in [2.24, 2.45) is 0 Å². The minimum Gasteiger partial charge on any atom is -0.488 e. The monoisotopic (exact) mass is 358 g/mol. The van der Waals surface area contributed by atoms with Gasteiger partial charge >= 0.3 is 0 Å². The fourth-order valence-electron chi connectivity index (χ4n) is 3.18. The van der Waals surface area contributed by atoms with Gasteiger partial charge in [-0.25, -0.2) is 0 Å². The Labute approximate surface area is 151 Å². The van der Waals surface area contributed by atoms with E-state index in [1.54, 1.807) is 11.3 Å². The summed E-state index contributed by atoms with van der Waals surface area (Å²) in [6.07, 6.45) is 1.15. The molecule has 1 aromatic heterocycles. The van der Waals surface area contributed by atoms with Crippen molar-refractivity contribution >= 4 is 33.0 Å². The molecule has 0 radical (unpaired) electrons. The molecule has 1 saturated heterocycles. The lowest BCUT2D eigenvalue weighted by Gasteiger charge is -2.14. The lowest BCUT2D eigenvalue weighted by Crippen LogP contribution is -2.15. The second kappa shape index (κ2) is 6.75. The Kier molecular flexibility index (Phi) is 4.49. The van der Waals surface area contributed by atoms with Crippen molar-refractivity contribution < 1.29 is 9.47 Å². The highest BCUT2D eigenvalue weighted by Gasteiger charge is 2.18. The number of ether oxygens (including phenoxy) is 2. The van der Waals surface area contributed by atoms with Gasteiger partial charge in [-0.1, -0.05) is 12.1 Å². The lowest BCUT2D eigenvalue weighted by molar-refractivity contribution is 0.141. The molecule has 124 valence electrons. The Hall–Kier alpha value is -1.55. The summed E-state index contributed by atoms with van der Waals surface area (Å²) in [5.41, 5.74) is 4.91. The summed E-state index contributed by atoms with van der Waals surface area (Å²) < 4.78 is 12.7. The van der Waals surface area contributed by atoms with Crippen LogP contribution in [0.25, 0.3) is 21.2 Å². The molecule has 1 unspecified atom stereocenters. The first kappa shape index (κ1) is 15.9. The third-order valence-electron chi connectivity index (χ3n) is 4.47. The van der Waals surface area contributed by atoms with Crippen LogP contribution in [0.5, 0.6) is 5.75 Å². The number of alkyl halides is 1. The van der Waals surface area contributed by atoms with Gasteiger partial charge < -0.3 is 9.47 Å². The zero-order valence-corrected chi connectivity index (χ0v) is 15.1. The molecule has 4 rings (SSSR count). The van der Waals surface area contributed by atoms with E-state index in [0.29, 0.717) is 12.5 Å². The highest BCUT2D eigenvalue weighted by atomic mass is 35.5. The predicted octanol–water partition coefficient (Wildman–Crippen LogP) is 5.78. The van der Waals surface area contributed by atoms with Crippen LogP contribution in [0.3, 0.4) is 0 Å². The van der Waals surface area contributed by atoms with Crippen LogP contribution in [-0.4, -0.2) is 19.3 Å². The second-order valence-corrected chi connectivity index (χ2v) is 7.37. The fourth-order valence-corrected chi connectivity index (χ4v) is 4.29. The first-order chi connectivity index (χ1) is 11.7. The smallest absolute Gasteiger partial charge is 0.124 e. The molecule has 0 aliphatic carbocycles. The fraction of sp³-hybridized carbons (Fsp3) is 0.300. The quantitative estimate of drug-likeness (QED) is 0.550. The Morgan fingerprint density at radius 1 is 1.21 bits per heavy atom. The van der Waals surface area contributed by atoms with E-state index in [1.165, 1.54) is 26.8 Å². The van der Waals surface area contributed by atoms with Gasteiger partial charge in [0.15, 0.2) is 0 Å². The van der Waals surface area contributed by atoms with Gasteiger partial charge in [0.2, 0.25) is 0 Å². The van der Waals surface area contributed by atoms with Crippen LogP contribution < -0.4 is 4.74 Å². The Morgan fingerprint density at radius 2 is 2.12 bits per heavy atom. The van der Waals surface area contributed by atoms with E-state index in [1.807, 2.05) is 0 Å². The van der Waals surface area contributed by atoms with E-state index in [2.05, 4.69) is 48.7 Å². The van der Waals surface area contributed by atoms with Gasteiger partial charge in [-0.3, -0.25) is 0 Å². The minimum atomic E-state index is 0.184. The van der Waals surface area contributed by atoms with E-state index in [0.717, 1.165) is 24.3 Å². The van der Waals surface area contributed by atoms with Gasteiger partial charge in [0.1, 0.15) is 11.9 Å². The summed E-state index contributed by atoms with van der Waals surface area (Å²) in [6, 6.07) is 12.8. The Morgan fingerprint density at radius 3 is 2.88 bits per heavy atom. The highest BCUT2D eigenvalue weighted by Crippen LogP contribution is 2.37. The summed E-state index contributed by atoms with van der Waals surface area (Å²) in [4.78, 5) is 0. The van der Waals surface area contributed by atoms with Crippen LogP contribution in [0.15, 0.2) is 41.8 Å². The molecule has 4 heteroatoms. The van der Waals surface area contributed by atoms with Crippen molar-refractivity contribution in [2.45, 2.75) is 25.3 Å². The first-order valence-corrected chi connectivity index (χ1v) is 9.57. The van der Waals surface area contributed by atoms with Gasteiger partial charge in [0.25, 0.3) is 0 Å². The zero-order chi connectivity index (χ0) is 16.5. The van der Waals surface area contributed by atoms with E-state index in [9.17, 15) is 0 Å². The van der Waals surface area contributed by atoms with Crippen molar-refractivity contribution in [3.05, 3.63) is 52.9 Å². The molecule has 2 nitrogen and oxygen atoms in total. The predicted molar refractivity (Wildman–Crippen MR) is 101 cm³/mol. The number of rotatable bonds is 4. The number of aryl methyl sites for hydroxylation is 1. The average molecular weight is 359 g/mol. The summed E-state index contributed by atoms with van der Waals surface area (Å²) >= 11 is 7.78. The molecule has 2 heterocycles. The average Bonchev–Trinajstić information content (AvgIpc) is 3.24. The van der Waals surface area contributed by atoms with Gasteiger partial charge in [-0.15, -0.1) is 22.9 Å². The third-order valence-corrected chi connectivity index (χ3v) is 5.74. The maximum Gasteiger partial charge on any atom is 0.124 e. The molecule has 2 aromatic carbocycles. The summed E-state index contributed by atoms with van der Waals surface area (Å²) in [6.45, 7) is 3.63. The minimum absolute atomic E-state index is 0.184. The highest BCUT2D eigenvalue weighted by molar-refractivity contribution is 7.17. The number of hydrogen-bond donors (Lipinski definition) is 0.